The van der Waals surface area contributed by atoms with Crippen molar-refractivity contribution in [1.82, 2.24) is 5.32 Å². The third kappa shape index (κ3) is 11.5. The van der Waals surface area contributed by atoms with Gasteiger partial charge in [-0.05, 0) is 66.5 Å². The number of carbonyl (C=O) groups excluding carboxylic acids is 3. The second kappa shape index (κ2) is 20.7. The minimum atomic E-state index is -0.744. The summed E-state index contributed by atoms with van der Waals surface area (Å²) in [4.78, 5) is 57.9. The molecule has 2 aliphatic carbocycles. The predicted molar refractivity (Wildman–Crippen MR) is 216 cm³/mol. The highest BCUT2D eigenvalue weighted by atomic mass is 16.6. The minimum Gasteiger partial charge on any atom is -0.481 e. The van der Waals surface area contributed by atoms with Crippen molar-refractivity contribution in [2.75, 3.05) is 20.0 Å². The Morgan fingerprint density at radius 3 is 1.60 bits per heavy atom. The normalized spacial score (nSPS) is 15.9. The summed E-state index contributed by atoms with van der Waals surface area (Å²) in [6.07, 6.45) is 7.87. The van der Waals surface area contributed by atoms with Gasteiger partial charge in [0, 0.05) is 24.2 Å². The van der Waals surface area contributed by atoms with Gasteiger partial charge in [-0.1, -0.05) is 111 Å². The second-order valence-corrected chi connectivity index (χ2v) is 14.4. The van der Waals surface area contributed by atoms with Crippen molar-refractivity contribution in [3.05, 3.63) is 142 Å². The van der Waals surface area contributed by atoms with E-state index in [1.807, 2.05) is 72.8 Å². The highest BCUT2D eigenvalue weighted by Gasteiger charge is 2.44. The molecule has 0 bridgehead atoms. The number of rotatable bonds is 12. The fourth-order valence-corrected chi connectivity index (χ4v) is 7.51. The van der Waals surface area contributed by atoms with Crippen LogP contribution in [0.3, 0.4) is 0 Å². The molecule has 0 saturated heterocycles. The van der Waals surface area contributed by atoms with Gasteiger partial charge in [0.2, 0.25) is 5.91 Å². The summed E-state index contributed by atoms with van der Waals surface area (Å²) in [6, 6.07) is 31.2. The first kappa shape index (κ1) is 43.6. The third-order valence-corrected chi connectivity index (χ3v) is 10.7. The number of nitrogens with two attached hydrogens (primary N) is 2. The van der Waals surface area contributed by atoms with E-state index in [1.165, 1.54) is 26.4 Å². The number of nitrogens with zero attached hydrogens (tertiary/aromatic N) is 1. The van der Waals surface area contributed by atoms with Crippen LogP contribution in [0.4, 0.5) is 11.4 Å². The number of benzene rings is 4. The smallest absolute Gasteiger partial charge is 0.328 e. The number of amides is 1. The molecule has 1 amide bonds. The number of ether oxygens (including phenoxy) is 2. The van der Waals surface area contributed by atoms with Crippen molar-refractivity contribution >= 4 is 35.2 Å². The van der Waals surface area contributed by atoms with Crippen LogP contribution >= 0.6 is 0 Å². The van der Waals surface area contributed by atoms with Crippen LogP contribution in [0.25, 0.3) is 0 Å². The second-order valence-electron chi connectivity index (χ2n) is 14.4. The van der Waals surface area contributed by atoms with E-state index >= 15 is 0 Å². The molecule has 0 aliphatic heterocycles. The molecule has 13 nitrogen and oxygen atoms in total. The first-order valence-electron chi connectivity index (χ1n) is 19.0. The number of aliphatic carboxylic acids is 1. The van der Waals surface area contributed by atoms with Gasteiger partial charge in [0.25, 0.3) is 5.69 Å². The summed E-state index contributed by atoms with van der Waals surface area (Å²) >= 11 is 0. The van der Waals surface area contributed by atoms with Crippen LogP contribution in [0.1, 0.15) is 73.6 Å². The van der Waals surface area contributed by atoms with Crippen LogP contribution < -0.4 is 16.8 Å². The molecule has 302 valence electrons. The molecule has 2 aliphatic rings. The average Bonchev–Trinajstić information content (AvgIpc) is 3.95. The molecule has 6 rings (SSSR count). The summed E-state index contributed by atoms with van der Waals surface area (Å²) in [5.41, 5.74) is 14.4. The molecule has 2 saturated carbocycles. The van der Waals surface area contributed by atoms with E-state index < -0.39 is 45.7 Å². The quantitative estimate of drug-likeness (QED) is 0.0550. The van der Waals surface area contributed by atoms with E-state index in [9.17, 15) is 34.4 Å². The van der Waals surface area contributed by atoms with Crippen molar-refractivity contribution in [1.29, 1.82) is 0 Å². The number of hydrogen-bond acceptors (Lipinski definition) is 10. The number of carbonyl (C=O) groups is 4. The number of carboxylic acid groups (broad SMARTS) is 1. The van der Waals surface area contributed by atoms with E-state index in [0.29, 0.717) is 18.5 Å². The number of esters is 2. The molecule has 2 atom stereocenters. The van der Waals surface area contributed by atoms with Crippen molar-refractivity contribution in [3.63, 3.8) is 0 Å². The molecule has 0 unspecified atom stereocenters. The maximum atomic E-state index is 13.3. The largest absolute Gasteiger partial charge is 0.481 e. The Balaban J connectivity index is 0.000000205. The predicted octanol–water partition coefficient (Wildman–Crippen LogP) is 6.20. The summed E-state index contributed by atoms with van der Waals surface area (Å²) in [6.45, 7) is 0. The molecular formula is C44H52N4O9. The van der Waals surface area contributed by atoms with Crippen LogP contribution in [0.15, 0.2) is 109 Å². The standard InChI is InChI=1S/C22H26N2O3.C12H14O2.C10H12N2O4/c1-27-20(25)19(15-16-9-11-18(23)12-10-16)24-21(26)22(13-5-6-14-22)17-7-3-2-4-8-17;13-11(14)12(8-4-5-9-12)10-6-2-1-3-7-10;1-16-10(13)9(11)6-7-2-4-8(5-3-7)12(14)15/h2-4,7-12,19H,5-6,13-15,23H2,1H3,(H,24,26);1-3,6-7H,4-5,8-9H2,(H,13,14);2-5,9H,6,11H2,1H3/t19-;;9-/m0.0/s1. The number of hydrogen-bond donors (Lipinski definition) is 4. The van der Waals surface area contributed by atoms with Gasteiger partial charge in [-0.2, -0.15) is 0 Å². The van der Waals surface area contributed by atoms with Gasteiger partial charge in [0.05, 0.1) is 30.0 Å². The lowest BCUT2D eigenvalue weighted by atomic mass is 9.77. The maximum absolute atomic E-state index is 13.3. The first-order chi connectivity index (χ1) is 27.3. The number of non-ortho nitro benzene ring substituents is 1. The Hall–Kier alpha value is -6.08. The zero-order valence-corrected chi connectivity index (χ0v) is 32.4. The summed E-state index contributed by atoms with van der Waals surface area (Å²) in [7, 11) is 2.60. The van der Waals surface area contributed by atoms with E-state index in [-0.39, 0.29) is 11.6 Å². The Kier molecular flexibility index (Phi) is 15.9. The Morgan fingerprint density at radius 2 is 1.14 bits per heavy atom. The van der Waals surface area contributed by atoms with Gasteiger partial charge in [-0.25, -0.2) is 4.79 Å². The molecule has 0 aromatic heterocycles. The zero-order chi connectivity index (χ0) is 41.4. The van der Waals surface area contributed by atoms with E-state index in [4.69, 9.17) is 16.2 Å². The van der Waals surface area contributed by atoms with E-state index in [1.54, 1.807) is 24.3 Å². The number of nitrogens with one attached hydrogen (secondary N) is 1. The summed E-state index contributed by atoms with van der Waals surface area (Å²) in [5, 5.41) is 22.7. The lowest BCUT2D eigenvalue weighted by molar-refractivity contribution is -0.384. The molecule has 6 N–H and O–H groups in total. The molecule has 0 heterocycles. The van der Waals surface area contributed by atoms with Gasteiger partial charge in [0.15, 0.2) is 0 Å². The van der Waals surface area contributed by atoms with E-state index in [2.05, 4.69) is 10.1 Å². The van der Waals surface area contributed by atoms with Gasteiger partial charge >= 0.3 is 17.9 Å². The van der Waals surface area contributed by atoms with Gasteiger partial charge in [0.1, 0.15) is 12.1 Å². The highest BCUT2D eigenvalue weighted by molar-refractivity contribution is 5.92. The van der Waals surface area contributed by atoms with Crippen LogP contribution in [0, 0.1) is 10.1 Å². The van der Waals surface area contributed by atoms with Crippen molar-refractivity contribution < 1.29 is 38.7 Å². The fraction of sp³-hybridized carbons (Fsp3) is 0.364. The highest BCUT2D eigenvalue weighted by Crippen LogP contribution is 2.42. The first-order valence-corrected chi connectivity index (χ1v) is 19.0. The number of anilines is 1. The molecule has 4 aromatic rings. The molecule has 0 spiro atoms. The van der Waals surface area contributed by atoms with Crippen LogP contribution in [0.2, 0.25) is 0 Å². The number of methoxy groups -OCH3 is 2. The fourth-order valence-electron chi connectivity index (χ4n) is 7.51. The number of nitrogen functional groups attached to an aromatic ring is 1. The van der Waals surface area contributed by atoms with Crippen molar-refractivity contribution in [2.24, 2.45) is 5.73 Å². The van der Waals surface area contributed by atoms with Gasteiger partial charge in [-0.15, -0.1) is 0 Å². The van der Waals surface area contributed by atoms with Crippen LogP contribution in [-0.4, -0.2) is 60.1 Å². The minimum absolute atomic E-state index is 0.00962. The maximum Gasteiger partial charge on any atom is 0.328 e. The Morgan fingerprint density at radius 1 is 0.702 bits per heavy atom. The molecule has 57 heavy (non-hydrogen) atoms. The van der Waals surface area contributed by atoms with Gasteiger partial charge < -0.3 is 31.4 Å². The molecular weight excluding hydrogens is 729 g/mol. The topological polar surface area (TPSA) is 214 Å². The third-order valence-electron chi connectivity index (χ3n) is 10.7. The number of nitro benzene ring substituents is 1. The molecule has 4 aromatic carbocycles. The number of nitro groups is 1. The molecule has 13 heteroatoms. The van der Waals surface area contributed by atoms with Crippen molar-refractivity contribution in [2.45, 2.75) is 87.1 Å². The lowest BCUT2D eigenvalue weighted by Crippen LogP contribution is -2.50. The lowest BCUT2D eigenvalue weighted by Gasteiger charge is -2.30. The van der Waals surface area contributed by atoms with Crippen LogP contribution in [0.5, 0.6) is 0 Å². The summed E-state index contributed by atoms with van der Waals surface area (Å²) in [5.74, 6) is -1.71. The van der Waals surface area contributed by atoms with Crippen LogP contribution in [-0.2, 0) is 52.3 Å². The Bertz CT molecular complexity index is 1930. The molecule has 0 radical (unpaired) electrons. The summed E-state index contributed by atoms with van der Waals surface area (Å²) < 4.78 is 9.41. The zero-order valence-electron chi connectivity index (χ0n) is 32.4. The van der Waals surface area contributed by atoms with Gasteiger partial charge in [-0.3, -0.25) is 24.5 Å². The van der Waals surface area contributed by atoms with Crippen molar-refractivity contribution in [3.8, 4) is 0 Å². The molecule has 2 fully saturated rings. The van der Waals surface area contributed by atoms with E-state index in [0.717, 1.165) is 73.6 Å². The number of carboxylic acids is 1. The Labute approximate surface area is 332 Å². The average molecular weight is 781 g/mol. The monoisotopic (exact) mass is 780 g/mol. The SMILES string of the molecule is COC(=O)[C@@H](N)Cc1ccc([N+](=O)[O-])cc1.COC(=O)[C@H](Cc1ccc(N)cc1)NC(=O)C1(c2ccccc2)CCCC1.O=C(O)C1(c2ccccc2)CCCC1.